The Bertz CT molecular complexity index is 581. The minimum Gasteiger partial charge on any atom is -0.493 e. The van der Waals surface area contributed by atoms with Crippen molar-refractivity contribution in [2.75, 3.05) is 20.3 Å². The molecule has 1 aromatic rings. The summed E-state index contributed by atoms with van der Waals surface area (Å²) in [5, 5.41) is 19.8. The highest BCUT2D eigenvalue weighted by Crippen LogP contribution is 2.34. The molecule has 5 heteroatoms. The van der Waals surface area contributed by atoms with E-state index in [0.29, 0.717) is 30.6 Å². The third-order valence-corrected chi connectivity index (χ3v) is 4.08. The molecule has 0 bridgehead atoms. The van der Waals surface area contributed by atoms with Gasteiger partial charge >= 0.3 is 0 Å². The van der Waals surface area contributed by atoms with Crippen molar-refractivity contribution in [3.63, 3.8) is 0 Å². The summed E-state index contributed by atoms with van der Waals surface area (Å²) in [6.07, 6.45) is 8.12. The Morgan fingerprint density at radius 2 is 1.96 bits per heavy atom. The molecule has 23 heavy (non-hydrogen) atoms. The summed E-state index contributed by atoms with van der Waals surface area (Å²) in [5.74, 6) is 2.02. The van der Waals surface area contributed by atoms with E-state index in [4.69, 9.17) is 9.47 Å². The third-order valence-electron chi connectivity index (χ3n) is 4.08. The van der Waals surface area contributed by atoms with Gasteiger partial charge in [-0.25, -0.2) is 0 Å². The number of benzene rings is 1. The summed E-state index contributed by atoms with van der Waals surface area (Å²) in [6, 6.07) is 5.52. The van der Waals surface area contributed by atoms with Crippen LogP contribution in [0.3, 0.4) is 0 Å². The Hall–Kier alpha value is -1.98. The van der Waals surface area contributed by atoms with Crippen LogP contribution in [0.2, 0.25) is 0 Å². The van der Waals surface area contributed by atoms with Crippen LogP contribution in [0.15, 0.2) is 42.8 Å². The van der Waals surface area contributed by atoms with Gasteiger partial charge in [0, 0.05) is 12.4 Å². The summed E-state index contributed by atoms with van der Waals surface area (Å²) in [5.41, 5.74) is 0.782. The SMILES string of the molecule is COc1ccc(C(O)CN2C=CC(O)C=C2)cc1OCC1CC1. The fraction of sp³-hybridized carbons (Fsp3) is 0.444. The van der Waals surface area contributed by atoms with Crippen molar-refractivity contribution < 1.29 is 19.7 Å². The van der Waals surface area contributed by atoms with Crippen LogP contribution in [0.5, 0.6) is 11.5 Å². The van der Waals surface area contributed by atoms with Crippen LogP contribution in [0.1, 0.15) is 24.5 Å². The molecule has 0 amide bonds. The van der Waals surface area contributed by atoms with Gasteiger partial charge in [-0.2, -0.15) is 0 Å². The Morgan fingerprint density at radius 1 is 1.22 bits per heavy atom. The lowest BCUT2D eigenvalue weighted by Gasteiger charge is -2.23. The van der Waals surface area contributed by atoms with Gasteiger partial charge in [0.2, 0.25) is 0 Å². The van der Waals surface area contributed by atoms with Gasteiger partial charge in [-0.15, -0.1) is 0 Å². The van der Waals surface area contributed by atoms with E-state index < -0.39 is 12.2 Å². The topological polar surface area (TPSA) is 62.2 Å². The average Bonchev–Trinajstić information content (AvgIpc) is 3.39. The van der Waals surface area contributed by atoms with Gasteiger partial charge in [0.15, 0.2) is 11.5 Å². The third kappa shape index (κ3) is 4.27. The first-order chi connectivity index (χ1) is 11.2. The Morgan fingerprint density at radius 3 is 2.61 bits per heavy atom. The highest BCUT2D eigenvalue weighted by atomic mass is 16.5. The summed E-state index contributed by atoms with van der Waals surface area (Å²) in [7, 11) is 1.62. The lowest BCUT2D eigenvalue weighted by molar-refractivity contribution is 0.148. The number of hydrogen-bond donors (Lipinski definition) is 2. The molecule has 0 aromatic heterocycles. The number of aliphatic hydroxyl groups excluding tert-OH is 2. The van der Waals surface area contributed by atoms with Crippen LogP contribution in [-0.2, 0) is 0 Å². The molecule has 1 aromatic carbocycles. The Balaban J connectivity index is 1.66. The van der Waals surface area contributed by atoms with Crippen molar-refractivity contribution in [1.82, 2.24) is 4.90 Å². The first kappa shape index (κ1) is 15.9. The largest absolute Gasteiger partial charge is 0.493 e. The van der Waals surface area contributed by atoms with Crippen LogP contribution < -0.4 is 9.47 Å². The zero-order valence-corrected chi connectivity index (χ0v) is 13.3. The molecule has 5 nitrogen and oxygen atoms in total. The Kier molecular flexibility index (Phi) is 4.88. The van der Waals surface area contributed by atoms with Gasteiger partial charge in [-0.05, 0) is 48.6 Å². The molecule has 1 fully saturated rings. The standard InChI is InChI=1S/C18H23NO4/c1-22-17-5-4-14(10-18(17)23-12-13-2-3-13)16(21)11-19-8-6-15(20)7-9-19/h4-10,13,15-16,20-21H,2-3,11-12H2,1H3. The van der Waals surface area contributed by atoms with Crippen LogP contribution >= 0.6 is 0 Å². The fourth-order valence-corrected chi connectivity index (χ4v) is 2.44. The molecule has 0 radical (unpaired) electrons. The fourth-order valence-electron chi connectivity index (χ4n) is 2.44. The number of hydrogen-bond acceptors (Lipinski definition) is 5. The summed E-state index contributed by atoms with van der Waals surface area (Å²) in [6.45, 7) is 1.11. The van der Waals surface area contributed by atoms with Gasteiger partial charge < -0.3 is 24.6 Å². The number of nitrogens with zero attached hydrogens (tertiary/aromatic N) is 1. The lowest BCUT2D eigenvalue weighted by atomic mass is 10.1. The van der Waals surface area contributed by atoms with Gasteiger partial charge in [0.25, 0.3) is 0 Å². The molecule has 1 atom stereocenters. The molecule has 1 aliphatic heterocycles. The smallest absolute Gasteiger partial charge is 0.161 e. The molecule has 2 N–H and O–H groups in total. The molecule has 1 saturated carbocycles. The van der Waals surface area contributed by atoms with Crippen molar-refractivity contribution in [2.24, 2.45) is 5.92 Å². The molecule has 1 heterocycles. The molecular formula is C18H23NO4. The number of methoxy groups -OCH3 is 1. The van der Waals surface area contributed by atoms with E-state index in [1.807, 2.05) is 23.1 Å². The molecular weight excluding hydrogens is 294 g/mol. The predicted octanol–water partition coefficient (Wildman–Crippen LogP) is 2.22. The van der Waals surface area contributed by atoms with Crippen LogP contribution in [0, 0.1) is 5.92 Å². The molecule has 0 saturated heterocycles. The van der Waals surface area contributed by atoms with Crippen molar-refractivity contribution in [3.05, 3.63) is 48.3 Å². The van der Waals surface area contributed by atoms with Crippen molar-refractivity contribution in [2.45, 2.75) is 25.0 Å². The van der Waals surface area contributed by atoms with E-state index in [0.717, 1.165) is 5.56 Å². The minimum atomic E-state index is -0.659. The van der Waals surface area contributed by atoms with E-state index in [9.17, 15) is 10.2 Å². The first-order valence-electron chi connectivity index (χ1n) is 7.95. The maximum absolute atomic E-state index is 10.4. The predicted molar refractivity (Wildman–Crippen MR) is 87.2 cm³/mol. The molecule has 1 aliphatic carbocycles. The zero-order valence-electron chi connectivity index (χ0n) is 13.3. The molecule has 3 rings (SSSR count). The van der Waals surface area contributed by atoms with Gasteiger partial charge in [-0.3, -0.25) is 0 Å². The minimum absolute atomic E-state index is 0.411. The normalized spacial score (nSPS) is 19.0. The van der Waals surface area contributed by atoms with Crippen LogP contribution in [0.25, 0.3) is 0 Å². The van der Waals surface area contributed by atoms with Gasteiger partial charge in [-0.1, -0.05) is 6.07 Å². The van der Waals surface area contributed by atoms with Crippen molar-refractivity contribution >= 4 is 0 Å². The number of rotatable bonds is 7. The summed E-state index contributed by atoms with van der Waals surface area (Å²) < 4.78 is 11.2. The molecule has 1 unspecified atom stereocenters. The van der Waals surface area contributed by atoms with Crippen molar-refractivity contribution in [3.8, 4) is 11.5 Å². The molecule has 124 valence electrons. The van der Waals surface area contributed by atoms with Crippen LogP contribution in [-0.4, -0.2) is 41.5 Å². The van der Waals surface area contributed by atoms with Gasteiger partial charge in [0.1, 0.15) is 0 Å². The maximum Gasteiger partial charge on any atom is 0.161 e. The number of β-amino-alcohol motifs (C(OH)–C–C–N with tert-alkyl or cyclic N) is 1. The van der Waals surface area contributed by atoms with E-state index in [-0.39, 0.29) is 0 Å². The zero-order chi connectivity index (χ0) is 16.2. The second kappa shape index (κ2) is 7.06. The quantitative estimate of drug-likeness (QED) is 0.807. The van der Waals surface area contributed by atoms with Gasteiger partial charge in [0.05, 0.1) is 32.5 Å². The highest BCUT2D eigenvalue weighted by molar-refractivity contribution is 5.43. The second-order valence-corrected chi connectivity index (χ2v) is 6.05. The Labute approximate surface area is 136 Å². The van der Waals surface area contributed by atoms with E-state index in [1.165, 1.54) is 12.8 Å². The lowest BCUT2D eigenvalue weighted by Crippen LogP contribution is -2.22. The number of ether oxygens (including phenoxy) is 2. The van der Waals surface area contributed by atoms with Crippen LogP contribution in [0.4, 0.5) is 0 Å². The maximum atomic E-state index is 10.4. The van der Waals surface area contributed by atoms with E-state index in [2.05, 4.69) is 0 Å². The number of aliphatic hydroxyl groups is 2. The summed E-state index contributed by atoms with van der Waals surface area (Å²) in [4.78, 5) is 1.84. The van der Waals surface area contributed by atoms with Crippen molar-refractivity contribution in [1.29, 1.82) is 0 Å². The first-order valence-corrected chi connectivity index (χ1v) is 7.95. The molecule has 2 aliphatic rings. The second-order valence-electron chi connectivity index (χ2n) is 6.05. The van der Waals surface area contributed by atoms with E-state index in [1.54, 1.807) is 31.7 Å². The van der Waals surface area contributed by atoms with E-state index >= 15 is 0 Å². The monoisotopic (exact) mass is 317 g/mol. The average molecular weight is 317 g/mol. The summed E-state index contributed by atoms with van der Waals surface area (Å²) >= 11 is 0. The molecule has 0 spiro atoms. The highest BCUT2D eigenvalue weighted by Gasteiger charge is 2.23.